The first kappa shape index (κ1) is 132. The number of carbonyl (C=O) groups is 4. The Morgan fingerprint density at radius 2 is 0.815 bits per heavy atom. The zero-order valence-corrected chi connectivity index (χ0v) is 98.5. The van der Waals surface area contributed by atoms with Gasteiger partial charge in [-0.2, -0.15) is 22.4 Å². The molecular weight excluding hydrogens is 2450 g/mol. The third-order valence-corrected chi connectivity index (χ3v) is 23.6. The third kappa shape index (κ3) is 50.1. The van der Waals surface area contributed by atoms with E-state index < -0.39 is 136 Å². The first-order valence-electron chi connectivity index (χ1n) is 42.6. The van der Waals surface area contributed by atoms with Crippen LogP contribution < -0.4 is 51.4 Å². The van der Waals surface area contributed by atoms with Crippen LogP contribution in [0.5, 0.6) is 0 Å². The molecule has 12 rings (SSSR count). The highest BCUT2D eigenvalue weighted by atomic mass is 79.9. The number of morpholine rings is 1. The van der Waals surface area contributed by atoms with Gasteiger partial charge in [0.05, 0.1) is 158 Å². The first-order chi connectivity index (χ1) is 66.5. The van der Waals surface area contributed by atoms with Crippen molar-refractivity contribution in [3.8, 4) is 22.5 Å². The monoisotopic (exact) mass is 2560 g/mol. The maximum atomic E-state index is 13.2. The zero-order valence-electron chi connectivity index (χ0n) is 85.1. The Morgan fingerprint density at radius 3 is 1.16 bits per heavy atom. The van der Waals surface area contributed by atoms with Crippen molar-refractivity contribution >= 4 is 252 Å². The van der Waals surface area contributed by atoms with Gasteiger partial charge in [0.1, 0.15) is 52.4 Å². The lowest BCUT2D eigenvalue weighted by Gasteiger charge is -2.32. The number of anilines is 8. The maximum Gasteiger partial charge on any atom is 0.496 e. The number of halogens is 11. The van der Waals surface area contributed by atoms with E-state index in [9.17, 15) is 74.0 Å². The summed E-state index contributed by atoms with van der Waals surface area (Å²) in [5.74, 6) is -2.40. The van der Waals surface area contributed by atoms with E-state index in [0.29, 0.717) is 68.3 Å². The van der Waals surface area contributed by atoms with Crippen molar-refractivity contribution in [3.05, 3.63) is 138 Å². The Labute approximate surface area is 904 Å². The molecule has 8 aromatic rings. The highest BCUT2D eigenvalue weighted by Crippen LogP contribution is 2.44. The minimum atomic E-state index is -5.08. The zero-order chi connectivity index (χ0) is 114. The van der Waals surface area contributed by atoms with Crippen LogP contribution in [-0.4, -0.2) is 269 Å². The van der Waals surface area contributed by atoms with Crippen LogP contribution in [0.4, 0.5) is 77.8 Å². The molecule has 12 heterocycles. The number of rotatable bonds is 13. The summed E-state index contributed by atoms with van der Waals surface area (Å²) in [5, 5.41) is 10.3. The number of pyridine rings is 5. The second-order valence-corrected chi connectivity index (χ2v) is 51.6. The maximum absolute atomic E-state index is 13.2. The van der Waals surface area contributed by atoms with Gasteiger partial charge in [-0.25, -0.2) is 91.2 Å². The molecule has 0 unspecified atom stereocenters. The normalized spacial score (nSPS) is 15.7. The van der Waals surface area contributed by atoms with Gasteiger partial charge in [0, 0.05) is 86.5 Å². The molecule has 11 N–H and O–H groups in total. The molecule has 0 saturated carbocycles. The SMILES string of the molecule is C1COCCN1.CC(C)(C)OC(=O)N(C(=O)OC(C)(C)C)c1ncc(Br)nc1-c1cncc(N(C(=O)OC(C)(C)C)S(C)(=O)=O)c1.CC1(C)OB(B2OC(C)(C)C(C)(C)O2)OC1(C)C.CC1(C)OB(c2cncc(NS(C)(=O)=O)c2)OC1(C)C.CS(=O)(=O)Cl.CS(=O)(=O)Nc1cncc(-c2nc(Br)cnc2N)c1.CS(=O)(=O)Nc1cncc(Br)c1.Nc1cncc(Br)c1.Nc1ncc(Br)nc1Br.O=C(O)C(F)(F)F.[2H]CF. The summed E-state index contributed by atoms with van der Waals surface area (Å²) in [4.78, 5) is 92.9. The van der Waals surface area contributed by atoms with Gasteiger partial charge in [-0.1, -0.05) is 0 Å². The van der Waals surface area contributed by atoms with Crippen LogP contribution in [0, 0.1) is 0 Å². The van der Waals surface area contributed by atoms with Crippen molar-refractivity contribution in [1.29, 1.82) is 0 Å². The number of nitrogens with zero attached hydrogens (tertiary/aromatic N) is 13. The molecular formula is C82H118B3Br6ClF4N20O25S5. The summed E-state index contributed by atoms with van der Waals surface area (Å²) >= 11 is 19.1. The van der Waals surface area contributed by atoms with E-state index in [4.69, 9.17) is 75.3 Å². The molecule has 146 heavy (non-hydrogen) atoms. The van der Waals surface area contributed by atoms with Crippen LogP contribution in [-0.2, 0) is 101 Å². The van der Waals surface area contributed by atoms with Crippen LogP contribution in [0.15, 0.2) is 138 Å². The number of amides is 3. The highest BCUT2D eigenvalue weighted by molar-refractivity contribution is 9.11. The van der Waals surface area contributed by atoms with E-state index in [0.717, 1.165) is 72.7 Å². The Kier molecular flexibility index (Phi) is 50.3. The smallest absolute Gasteiger partial charge is 0.475 e. The molecule has 0 atom stereocenters. The molecule has 64 heteroatoms. The van der Waals surface area contributed by atoms with Crippen LogP contribution in [0.25, 0.3) is 22.5 Å². The van der Waals surface area contributed by atoms with E-state index in [2.05, 4.69) is 181 Å². The minimum absolute atomic E-state index is 0.0712. The van der Waals surface area contributed by atoms with Crippen molar-refractivity contribution in [3.63, 3.8) is 0 Å². The summed E-state index contributed by atoms with van der Waals surface area (Å²) in [5.41, 5.74) is 14.6. The molecule has 0 aliphatic carbocycles. The highest BCUT2D eigenvalue weighted by Gasteiger charge is 2.64. The summed E-state index contributed by atoms with van der Waals surface area (Å²) in [6, 6.07) is 7.96. The molecule has 0 bridgehead atoms. The Balaban J connectivity index is 0.000000588. The van der Waals surface area contributed by atoms with Crippen LogP contribution in [0.2, 0.25) is 0 Å². The van der Waals surface area contributed by atoms with E-state index in [1.165, 1.54) is 49.4 Å². The summed E-state index contributed by atoms with van der Waals surface area (Å²) < 4.78 is 225. The fraction of sp³-hybridized carbons (Fsp3) is 0.500. The average Bonchev–Trinajstić information content (AvgIpc) is 1.58. The molecule has 0 spiro atoms. The van der Waals surface area contributed by atoms with Crippen molar-refractivity contribution in [2.45, 2.75) is 202 Å². The van der Waals surface area contributed by atoms with E-state index >= 15 is 0 Å². The van der Waals surface area contributed by atoms with Crippen molar-refractivity contribution < 1.29 is 132 Å². The second kappa shape index (κ2) is 55.7. The standard InChI is InChI=1S/C25H34BrN5O8S.C12H24B2O4.C12H19BN2O4S.C10H10BrN5O2S.C6H7BrN2O2S.C5H5BrN2.C4H3Br2N3.C4H9NO.C2HF3O2.CH3ClO2S.CH3F/c1-23(2,3)37-20(32)30(21(33)38-24(4,5)6)19-18(29-17(26)14-28-19)15-11-16(13-27-12-15)31(40(10,35)36)22(34)39-25(7,8)9;1-9(2)10(3,4)16-13(15-9)14-17-11(5,6)12(7,8)18-14;1-11(2)12(3,4)19-13(18-11)9-6-10(8-14-7-9)15-20(5,16)17;1-19(17,18)16-7-2-6(3-13-4-7)9-10(12)14-5-8(11)15-9;1-12(10,11)9-6-2-5(7)3-8-4-6;6-4-1-5(7)3-8-2-4;5-2-1-8-4(7)3(6)9-2;1-3-6-4-2-5-1;3-2(4,5)1(6)7;1-5(2,3)4;1-2/h11-14H,1-10H3;1-8H3;6-8,15H,1-5H3;2-5,16H,1H3,(H2,12,14);2-4,9H,1H3;1-3H,7H2;1H,(H2,7,8);5H,1-4H2;(H,6,7);1H3;1H3/i;;;;;;;;;;1D. The lowest BCUT2D eigenvalue weighted by Crippen LogP contribution is -2.44. The largest absolute Gasteiger partial charge is 0.496 e. The fourth-order valence-corrected chi connectivity index (χ4v) is 14.8. The number of nitrogens with two attached hydrogens (primary N) is 3. The number of ether oxygens (including phenoxy) is 4. The number of sulfonamides is 4. The molecule has 4 aliphatic heterocycles. The Morgan fingerprint density at radius 1 is 0.479 bits per heavy atom. The molecule has 4 saturated heterocycles. The lowest BCUT2D eigenvalue weighted by atomic mass is 9.49. The van der Waals surface area contributed by atoms with Crippen molar-refractivity contribution in [1.82, 2.24) is 60.1 Å². The third-order valence-electron chi connectivity index (χ3n) is 18.2. The summed E-state index contributed by atoms with van der Waals surface area (Å²) in [7, 11) is -15.3. The van der Waals surface area contributed by atoms with Crippen LogP contribution >= 0.6 is 106 Å². The number of nitrogens with one attached hydrogen (secondary N) is 4. The fourth-order valence-electron chi connectivity index (χ4n) is 10.2. The molecule has 0 radical (unpaired) electrons. The lowest BCUT2D eigenvalue weighted by molar-refractivity contribution is -0.192. The van der Waals surface area contributed by atoms with Gasteiger partial charge in [0.2, 0.25) is 49.1 Å². The molecule has 4 aliphatic rings. The van der Waals surface area contributed by atoms with E-state index in [-0.39, 0.29) is 55.6 Å². The topological polar surface area (TPSA) is 626 Å². The summed E-state index contributed by atoms with van der Waals surface area (Å²) in [6.45, 7) is 42.4. The van der Waals surface area contributed by atoms with Gasteiger partial charge in [0.25, 0.3) is 0 Å². The first-order valence-corrected chi connectivity index (χ1v) is 56.9. The Bertz CT molecular complexity index is 6230. The summed E-state index contributed by atoms with van der Waals surface area (Å²) in [6.07, 6.45) is 15.6. The molecule has 812 valence electrons. The quantitative estimate of drug-likeness (QED) is 0.0230. The van der Waals surface area contributed by atoms with Gasteiger partial charge in [-0.3, -0.25) is 43.5 Å². The van der Waals surface area contributed by atoms with Gasteiger partial charge < -0.3 is 74.5 Å². The predicted octanol–water partition coefficient (Wildman–Crippen LogP) is 15.2. The molecule has 45 nitrogen and oxygen atoms in total. The number of nitrogen functional groups attached to an aromatic ring is 3. The van der Waals surface area contributed by atoms with Crippen molar-refractivity contribution in [2.24, 2.45) is 0 Å². The van der Waals surface area contributed by atoms with E-state index in [1.54, 1.807) is 118 Å². The van der Waals surface area contributed by atoms with Gasteiger partial charge in [-0.05, 0) is 271 Å². The van der Waals surface area contributed by atoms with E-state index in [1.807, 2.05) is 83.1 Å². The number of imide groups is 1. The van der Waals surface area contributed by atoms with Crippen LogP contribution in [0.3, 0.4) is 0 Å². The molecule has 3 amide bonds. The van der Waals surface area contributed by atoms with Gasteiger partial charge in [0.15, 0.2) is 11.6 Å². The van der Waals surface area contributed by atoms with Gasteiger partial charge in [-0.15, -0.1) is 0 Å². The number of hydrogen-bond acceptors (Lipinski definition) is 39. The van der Waals surface area contributed by atoms with Gasteiger partial charge >= 0.3 is 51.6 Å². The number of hydrogen-bond donors (Lipinski definition) is 8. The molecule has 4 fully saturated rings. The number of carboxylic acid groups (broad SMARTS) is 1. The average molecular weight is 2570 g/mol. The minimum Gasteiger partial charge on any atom is -0.475 e. The predicted molar refractivity (Wildman–Crippen MR) is 572 cm³/mol. The number of aliphatic carboxylic acids is 1. The second-order valence-electron chi connectivity index (χ2n) is 36.5. The molecule has 0 aromatic carbocycles. The molecule has 8 aromatic heterocycles. The number of aromatic nitrogens is 11. The number of alkyl halides is 4. The van der Waals surface area contributed by atoms with Crippen molar-refractivity contribution in [2.75, 3.05) is 105 Å². The van der Waals surface area contributed by atoms with Crippen LogP contribution in [0.1, 0.15) is 147 Å². The number of carbonyl (C=O) groups excluding carboxylic acids is 3. The Hall–Kier alpha value is -8.22. The number of carboxylic acids is 1.